The van der Waals surface area contributed by atoms with Crippen LogP contribution in [0.3, 0.4) is 0 Å². The van der Waals surface area contributed by atoms with Crippen LogP contribution >= 0.6 is 0 Å². The summed E-state index contributed by atoms with van der Waals surface area (Å²) in [5.41, 5.74) is 0. The maximum atomic E-state index is 5.86. The Morgan fingerprint density at radius 3 is 2.80 bits per heavy atom. The number of benzene rings is 1. The van der Waals surface area contributed by atoms with Gasteiger partial charge in [0.1, 0.15) is 6.61 Å². The van der Waals surface area contributed by atoms with Crippen LogP contribution in [0.25, 0.3) is 0 Å². The Hall–Kier alpha value is -1.26. The molecular weight excluding hydrogens is 252 g/mol. The molecule has 110 valence electrons. The fourth-order valence-electron chi connectivity index (χ4n) is 3.24. The smallest absolute Gasteiger partial charge is 0.161 e. The predicted octanol–water partition coefficient (Wildman–Crippen LogP) is 1.90. The molecule has 2 saturated heterocycles. The molecule has 0 aromatic heterocycles. The van der Waals surface area contributed by atoms with Crippen LogP contribution in [-0.4, -0.2) is 50.3 Å². The number of methoxy groups -OCH3 is 1. The number of hydrogen-bond donors (Lipinski definition) is 1. The molecule has 1 N–H and O–H groups in total. The molecule has 20 heavy (non-hydrogen) atoms. The van der Waals surface area contributed by atoms with E-state index in [2.05, 4.69) is 10.2 Å². The van der Waals surface area contributed by atoms with E-state index in [-0.39, 0.29) is 0 Å². The van der Waals surface area contributed by atoms with Crippen molar-refractivity contribution in [2.24, 2.45) is 0 Å². The van der Waals surface area contributed by atoms with Crippen molar-refractivity contribution in [2.75, 3.05) is 33.4 Å². The summed E-state index contributed by atoms with van der Waals surface area (Å²) in [7, 11) is 1.68. The third-order valence-electron chi connectivity index (χ3n) is 4.34. The van der Waals surface area contributed by atoms with Crippen molar-refractivity contribution >= 4 is 0 Å². The number of nitrogens with zero attached hydrogens (tertiary/aromatic N) is 1. The highest BCUT2D eigenvalue weighted by Crippen LogP contribution is 2.26. The Balaban J connectivity index is 1.47. The van der Waals surface area contributed by atoms with Crippen molar-refractivity contribution in [1.29, 1.82) is 0 Å². The Morgan fingerprint density at radius 1 is 1.15 bits per heavy atom. The van der Waals surface area contributed by atoms with Gasteiger partial charge in [0, 0.05) is 25.2 Å². The molecule has 2 heterocycles. The molecule has 4 heteroatoms. The predicted molar refractivity (Wildman–Crippen MR) is 79.5 cm³/mol. The van der Waals surface area contributed by atoms with Gasteiger partial charge in [-0.25, -0.2) is 0 Å². The first-order chi connectivity index (χ1) is 9.85. The van der Waals surface area contributed by atoms with Crippen LogP contribution in [-0.2, 0) is 0 Å². The first kappa shape index (κ1) is 13.7. The minimum absolute atomic E-state index is 0.689. The fraction of sp³-hybridized carbons (Fsp3) is 0.625. The third kappa shape index (κ3) is 3.25. The van der Waals surface area contributed by atoms with Gasteiger partial charge < -0.3 is 14.8 Å². The first-order valence-electron chi connectivity index (χ1n) is 7.59. The summed E-state index contributed by atoms with van der Waals surface area (Å²) in [6.07, 6.45) is 3.95. The highest BCUT2D eigenvalue weighted by molar-refractivity contribution is 5.39. The van der Waals surface area contributed by atoms with Crippen LogP contribution in [0.15, 0.2) is 24.3 Å². The van der Waals surface area contributed by atoms with Crippen LogP contribution in [0.2, 0.25) is 0 Å². The van der Waals surface area contributed by atoms with E-state index in [9.17, 15) is 0 Å². The molecule has 2 unspecified atom stereocenters. The second kappa shape index (κ2) is 6.46. The van der Waals surface area contributed by atoms with Crippen molar-refractivity contribution in [1.82, 2.24) is 10.2 Å². The van der Waals surface area contributed by atoms with Crippen molar-refractivity contribution < 1.29 is 9.47 Å². The van der Waals surface area contributed by atoms with Crippen molar-refractivity contribution in [3.8, 4) is 11.5 Å². The molecule has 0 saturated carbocycles. The van der Waals surface area contributed by atoms with Gasteiger partial charge in [-0.3, -0.25) is 4.90 Å². The molecule has 0 radical (unpaired) electrons. The number of para-hydroxylation sites is 2. The Morgan fingerprint density at radius 2 is 1.95 bits per heavy atom. The van der Waals surface area contributed by atoms with Gasteiger partial charge >= 0.3 is 0 Å². The van der Waals surface area contributed by atoms with E-state index in [1.54, 1.807) is 7.11 Å². The van der Waals surface area contributed by atoms with Crippen LogP contribution in [0, 0.1) is 0 Å². The van der Waals surface area contributed by atoms with Gasteiger partial charge in [-0.05, 0) is 37.9 Å². The lowest BCUT2D eigenvalue weighted by molar-refractivity contribution is 0.197. The van der Waals surface area contributed by atoms with E-state index in [1.165, 1.54) is 25.8 Å². The Bertz CT molecular complexity index is 438. The van der Waals surface area contributed by atoms with E-state index in [0.717, 1.165) is 37.2 Å². The van der Waals surface area contributed by atoms with Crippen molar-refractivity contribution in [2.45, 2.75) is 31.3 Å². The van der Waals surface area contributed by atoms with Crippen LogP contribution in [0.1, 0.15) is 19.3 Å². The molecule has 1 aromatic carbocycles. The van der Waals surface area contributed by atoms with E-state index >= 15 is 0 Å². The van der Waals surface area contributed by atoms with Crippen LogP contribution in [0.5, 0.6) is 11.5 Å². The highest BCUT2D eigenvalue weighted by atomic mass is 16.5. The molecule has 0 amide bonds. The average molecular weight is 276 g/mol. The van der Waals surface area contributed by atoms with E-state index < -0.39 is 0 Å². The van der Waals surface area contributed by atoms with Gasteiger partial charge in [0.2, 0.25) is 0 Å². The van der Waals surface area contributed by atoms with E-state index in [0.29, 0.717) is 6.04 Å². The van der Waals surface area contributed by atoms with Crippen LogP contribution < -0.4 is 14.8 Å². The van der Waals surface area contributed by atoms with Gasteiger partial charge in [-0.2, -0.15) is 0 Å². The van der Waals surface area contributed by atoms with Crippen molar-refractivity contribution in [3.63, 3.8) is 0 Å². The molecule has 4 nitrogen and oxygen atoms in total. The summed E-state index contributed by atoms with van der Waals surface area (Å²) in [6, 6.07) is 9.28. The largest absolute Gasteiger partial charge is 0.493 e. The zero-order chi connectivity index (χ0) is 13.8. The number of ether oxygens (including phenoxy) is 2. The number of likely N-dealkylation sites (tertiary alicyclic amines) is 1. The minimum Gasteiger partial charge on any atom is -0.493 e. The second-order valence-corrected chi connectivity index (χ2v) is 5.73. The third-order valence-corrected chi connectivity index (χ3v) is 4.34. The SMILES string of the molecule is COc1ccccc1OCCN1CCC2CCC(C1)N2. The maximum absolute atomic E-state index is 5.86. The molecule has 2 fully saturated rings. The summed E-state index contributed by atoms with van der Waals surface area (Å²) in [6.45, 7) is 4.05. The minimum atomic E-state index is 0.689. The molecule has 2 aliphatic rings. The van der Waals surface area contributed by atoms with E-state index in [4.69, 9.17) is 9.47 Å². The standard InChI is InChI=1S/C16H24N2O2/c1-19-15-4-2-3-5-16(15)20-11-10-18-9-8-13-6-7-14(12-18)17-13/h2-5,13-14,17H,6-12H2,1H3. The maximum Gasteiger partial charge on any atom is 0.161 e. The molecule has 0 spiro atoms. The quantitative estimate of drug-likeness (QED) is 0.890. The van der Waals surface area contributed by atoms with Crippen molar-refractivity contribution in [3.05, 3.63) is 24.3 Å². The molecular formula is C16H24N2O2. The molecule has 2 bridgehead atoms. The zero-order valence-electron chi connectivity index (χ0n) is 12.2. The van der Waals surface area contributed by atoms with Gasteiger partial charge in [0.25, 0.3) is 0 Å². The molecule has 2 atom stereocenters. The molecule has 1 aromatic rings. The summed E-state index contributed by atoms with van der Waals surface area (Å²) < 4.78 is 11.2. The number of fused-ring (bicyclic) bond motifs is 2. The van der Waals surface area contributed by atoms with E-state index in [1.807, 2.05) is 24.3 Å². The summed E-state index contributed by atoms with van der Waals surface area (Å²) in [5.74, 6) is 1.65. The van der Waals surface area contributed by atoms with Gasteiger partial charge in [0.05, 0.1) is 7.11 Å². The topological polar surface area (TPSA) is 33.7 Å². The van der Waals surface area contributed by atoms with Gasteiger partial charge in [-0.15, -0.1) is 0 Å². The summed E-state index contributed by atoms with van der Waals surface area (Å²) in [5, 5.41) is 3.71. The lowest BCUT2D eigenvalue weighted by Crippen LogP contribution is -2.37. The average Bonchev–Trinajstić information content (AvgIpc) is 2.81. The Kier molecular flexibility index (Phi) is 4.43. The zero-order valence-corrected chi connectivity index (χ0v) is 12.2. The molecule has 2 aliphatic heterocycles. The lowest BCUT2D eigenvalue weighted by atomic mass is 10.1. The monoisotopic (exact) mass is 276 g/mol. The van der Waals surface area contributed by atoms with Gasteiger partial charge in [-0.1, -0.05) is 12.1 Å². The second-order valence-electron chi connectivity index (χ2n) is 5.73. The van der Waals surface area contributed by atoms with Gasteiger partial charge in [0.15, 0.2) is 11.5 Å². The summed E-state index contributed by atoms with van der Waals surface area (Å²) in [4.78, 5) is 2.52. The fourth-order valence-corrected chi connectivity index (χ4v) is 3.24. The number of hydrogen-bond acceptors (Lipinski definition) is 4. The normalized spacial score (nSPS) is 26.2. The Labute approximate surface area is 121 Å². The lowest BCUT2D eigenvalue weighted by Gasteiger charge is -2.24. The van der Waals surface area contributed by atoms with Crippen LogP contribution in [0.4, 0.5) is 0 Å². The number of rotatable bonds is 5. The summed E-state index contributed by atoms with van der Waals surface area (Å²) >= 11 is 0. The molecule has 0 aliphatic carbocycles. The number of nitrogens with one attached hydrogen (secondary N) is 1. The highest BCUT2D eigenvalue weighted by Gasteiger charge is 2.28. The molecule has 3 rings (SSSR count). The first-order valence-corrected chi connectivity index (χ1v) is 7.59.